The number of anilines is 1. The number of allylic oxidation sites excluding steroid dienone is 1. The number of methoxy groups -OCH3 is 4. The van der Waals surface area contributed by atoms with E-state index in [0.29, 0.717) is 28.7 Å². The Hall–Kier alpha value is -4.79. The molecule has 36 heavy (non-hydrogen) atoms. The van der Waals surface area contributed by atoms with Crippen LogP contribution in [-0.4, -0.2) is 39.1 Å². The molecule has 0 aromatic heterocycles. The lowest BCUT2D eigenvalue weighted by Gasteiger charge is -2.13. The van der Waals surface area contributed by atoms with Gasteiger partial charge in [-0.25, -0.2) is 0 Å². The summed E-state index contributed by atoms with van der Waals surface area (Å²) in [6.07, 6.45) is 6.45. The first-order valence-corrected chi connectivity index (χ1v) is 10.8. The summed E-state index contributed by atoms with van der Waals surface area (Å²) in [5.41, 5.74) is 2.06. The van der Waals surface area contributed by atoms with E-state index in [0.717, 1.165) is 11.1 Å². The molecule has 1 N–H and O–H groups in total. The molecule has 9 heteroatoms. The largest absolute Gasteiger partial charge is 0.495 e. The van der Waals surface area contributed by atoms with E-state index in [1.807, 2.05) is 36.4 Å². The van der Waals surface area contributed by atoms with Gasteiger partial charge in [-0.3, -0.25) is 14.9 Å². The number of benzene rings is 3. The molecule has 0 unspecified atom stereocenters. The standard InChI is InChI=1S/C27H26N2O7/c1-33-24-12-11-18(9-10-19-16-25(34-2)27(36-4)26(17-19)35-3)15-21(24)28-14-13-23(30)20-7-5-6-8-22(20)29(31)32/h5-17,28H,1-4H3. The van der Waals surface area contributed by atoms with Gasteiger partial charge in [-0.1, -0.05) is 30.4 Å². The second-order valence-corrected chi connectivity index (χ2v) is 7.37. The first-order chi connectivity index (χ1) is 17.4. The number of ether oxygens (including phenoxy) is 4. The van der Waals surface area contributed by atoms with Crippen LogP contribution in [0.5, 0.6) is 23.0 Å². The maximum atomic E-state index is 12.5. The maximum absolute atomic E-state index is 12.5. The lowest BCUT2D eigenvalue weighted by atomic mass is 10.1. The number of hydrogen-bond acceptors (Lipinski definition) is 8. The summed E-state index contributed by atoms with van der Waals surface area (Å²) in [5.74, 6) is 1.66. The Balaban J connectivity index is 1.82. The highest BCUT2D eigenvalue weighted by Crippen LogP contribution is 2.38. The molecule has 0 bridgehead atoms. The van der Waals surface area contributed by atoms with Crippen LogP contribution < -0.4 is 24.3 Å². The van der Waals surface area contributed by atoms with Crippen molar-refractivity contribution in [2.24, 2.45) is 0 Å². The normalized spacial score (nSPS) is 10.9. The van der Waals surface area contributed by atoms with Gasteiger partial charge in [0.05, 0.1) is 44.6 Å². The van der Waals surface area contributed by atoms with Crippen molar-refractivity contribution >= 4 is 29.3 Å². The number of nitrogens with one attached hydrogen (secondary N) is 1. The summed E-state index contributed by atoms with van der Waals surface area (Å²) in [6, 6.07) is 15.0. The quantitative estimate of drug-likeness (QED) is 0.121. The van der Waals surface area contributed by atoms with Crippen LogP contribution in [0.1, 0.15) is 21.5 Å². The molecule has 0 heterocycles. The van der Waals surface area contributed by atoms with Crippen LogP contribution in [0.3, 0.4) is 0 Å². The average Bonchev–Trinajstić information content (AvgIpc) is 2.91. The number of carbonyl (C=O) groups excluding carboxylic acids is 1. The number of rotatable bonds is 11. The summed E-state index contributed by atoms with van der Waals surface area (Å²) in [4.78, 5) is 23.1. The second-order valence-electron chi connectivity index (χ2n) is 7.37. The van der Waals surface area contributed by atoms with Crippen LogP contribution in [-0.2, 0) is 0 Å². The highest BCUT2D eigenvalue weighted by molar-refractivity contribution is 6.07. The topological polar surface area (TPSA) is 109 Å². The van der Waals surface area contributed by atoms with Crippen molar-refractivity contribution < 1.29 is 28.7 Å². The third-order valence-electron chi connectivity index (χ3n) is 5.22. The molecule has 186 valence electrons. The Labute approximate surface area is 208 Å². The molecule has 9 nitrogen and oxygen atoms in total. The number of ketones is 1. The summed E-state index contributed by atoms with van der Waals surface area (Å²) in [6.45, 7) is 0. The molecule has 0 saturated carbocycles. The molecular weight excluding hydrogens is 464 g/mol. The molecule has 3 aromatic rings. The third-order valence-corrected chi connectivity index (χ3v) is 5.22. The van der Waals surface area contributed by atoms with Crippen LogP contribution in [0.15, 0.2) is 66.9 Å². The molecule has 0 aliphatic heterocycles. The van der Waals surface area contributed by atoms with Gasteiger partial charge >= 0.3 is 0 Å². The van der Waals surface area contributed by atoms with Crippen molar-refractivity contribution in [3.05, 3.63) is 93.7 Å². The summed E-state index contributed by atoms with van der Waals surface area (Å²) >= 11 is 0. The Kier molecular flexibility index (Phi) is 8.66. The predicted molar refractivity (Wildman–Crippen MR) is 138 cm³/mol. The Morgan fingerprint density at radius 1 is 0.833 bits per heavy atom. The first-order valence-electron chi connectivity index (χ1n) is 10.8. The van der Waals surface area contributed by atoms with Crippen molar-refractivity contribution in [2.45, 2.75) is 0 Å². The lowest BCUT2D eigenvalue weighted by molar-refractivity contribution is -0.385. The lowest BCUT2D eigenvalue weighted by Crippen LogP contribution is -2.02. The molecule has 0 amide bonds. The third kappa shape index (κ3) is 6.01. The molecule has 0 saturated heterocycles. The predicted octanol–water partition coefficient (Wildman–Crippen LogP) is 5.61. The van der Waals surface area contributed by atoms with Gasteiger partial charge in [-0.2, -0.15) is 0 Å². The van der Waals surface area contributed by atoms with Gasteiger partial charge < -0.3 is 24.3 Å². The van der Waals surface area contributed by atoms with Gasteiger partial charge in [0, 0.05) is 18.3 Å². The molecule has 0 radical (unpaired) electrons. The zero-order chi connectivity index (χ0) is 26.1. The fourth-order valence-corrected chi connectivity index (χ4v) is 3.47. The van der Waals surface area contributed by atoms with Crippen molar-refractivity contribution in [1.29, 1.82) is 0 Å². The van der Waals surface area contributed by atoms with E-state index >= 15 is 0 Å². The van der Waals surface area contributed by atoms with E-state index in [1.54, 1.807) is 33.5 Å². The van der Waals surface area contributed by atoms with E-state index < -0.39 is 10.7 Å². The second kappa shape index (κ2) is 12.1. The van der Waals surface area contributed by atoms with Crippen LogP contribution in [0, 0.1) is 10.1 Å². The summed E-state index contributed by atoms with van der Waals surface area (Å²) < 4.78 is 21.6. The van der Waals surface area contributed by atoms with E-state index in [9.17, 15) is 14.9 Å². The van der Waals surface area contributed by atoms with E-state index in [4.69, 9.17) is 18.9 Å². The number of hydrogen-bond donors (Lipinski definition) is 1. The highest BCUT2D eigenvalue weighted by Gasteiger charge is 2.17. The Bertz CT molecular complexity index is 1290. The highest BCUT2D eigenvalue weighted by atomic mass is 16.6. The Morgan fingerprint density at radius 2 is 1.47 bits per heavy atom. The number of nitrogens with zero attached hydrogens (tertiary/aromatic N) is 1. The fourth-order valence-electron chi connectivity index (χ4n) is 3.47. The zero-order valence-electron chi connectivity index (χ0n) is 20.3. The van der Waals surface area contributed by atoms with Gasteiger partial charge in [0.2, 0.25) is 5.75 Å². The van der Waals surface area contributed by atoms with Crippen LogP contribution in [0.25, 0.3) is 12.2 Å². The monoisotopic (exact) mass is 490 g/mol. The number of nitro benzene ring substituents is 1. The zero-order valence-corrected chi connectivity index (χ0v) is 20.3. The number of nitro groups is 1. The molecule has 0 spiro atoms. The van der Waals surface area contributed by atoms with Gasteiger partial charge in [-0.05, 0) is 41.5 Å². The van der Waals surface area contributed by atoms with Crippen LogP contribution >= 0.6 is 0 Å². The van der Waals surface area contributed by atoms with Crippen LogP contribution in [0.4, 0.5) is 11.4 Å². The minimum absolute atomic E-state index is 0.00884. The molecule has 3 rings (SSSR count). The molecule has 0 atom stereocenters. The average molecular weight is 491 g/mol. The maximum Gasteiger partial charge on any atom is 0.280 e. The smallest absolute Gasteiger partial charge is 0.280 e. The van der Waals surface area contributed by atoms with E-state index in [-0.39, 0.29) is 11.3 Å². The number of para-hydroxylation sites is 1. The molecule has 0 aliphatic carbocycles. The fraction of sp³-hybridized carbons (Fsp3) is 0.148. The molecular formula is C27H26N2O7. The van der Waals surface area contributed by atoms with Crippen molar-refractivity contribution in [1.82, 2.24) is 0 Å². The van der Waals surface area contributed by atoms with Crippen molar-refractivity contribution in [3.8, 4) is 23.0 Å². The minimum Gasteiger partial charge on any atom is -0.495 e. The van der Waals surface area contributed by atoms with Gasteiger partial charge in [0.1, 0.15) is 5.75 Å². The SMILES string of the molecule is COc1ccc(C=Cc2cc(OC)c(OC)c(OC)c2)cc1NC=CC(=O)c1ccccc1[N+](=O)[O-]. The van der Waals surface area contributed by atoms with E-state index in [1.165, 1.54) is 37.6 Å². The summed E-state index contributed by atoms with van der Waals surface area (Å²) in [5, 5.41) is 14.2. The van der Waals surface area contributed by atoms with Crippen LogP contribution in [0.2, 0.25) is 0 Å². The minimum atomic E-state index is -0.582. The molecule has 0 aliphatic rings. The Morgan fingerprint density at radius 3 is 2.08 bits per heavy atom. The van der Waals surface area contributed by atoms with Crippen molar-refractivity contribution in [3.63, 3.8) is 0 Å². The van der Waals surface area contributed by atoms with Crippen molar-refractivity contribution in [2.75, 3.05) is 33.8 Å². The molecule has 3 aromatic carbocycles. The van der Waals surface area contributed by atoms with Gasteiger partial charge in [0.15, 0.2) is 17.3 Å². The molecule has 0 fully saturated rings. The first kappa shape index (κ1) is 25.8. The van der Waals surface area contributed by atoms with Gasteiger partial charge in [-0.15, -0.1) is 0 Å². The number of carbonyl (C=O) groups is 1. The van der Waals surface area contributed by atoms with E-state index in [2.05, 4.69) is 5.32 Å². The summed E-state index contributed by atoms with van der Waals surface area (Å²) in [7, 11) is 6.19. The van der Waals surface area contributed by atoms with Gasteiger partial charge in [0.25, 0.3) is 5.69 Å².